The standard InChI is InChI=1S/C32H36F3N10O2P/c1-20-17-24(26(47-19-32(33,34)35)18-25(20)44-9-4-21(5-10-44)43-15-13-42(2)14-16-43)39-31-40-28-22(3-7-36-28)29(41-31)38-23-6-11-45-12-8-37-30(45)27(23)48-46/h3,6-8,11-12,17-18,21H,4-5,9-10,13-16,19H2,1-2H3,(H3,36,38,39,40,41). The van der Waals surface area contributed by atoms with Crippen LogP contribution < -0.4 is 25.6 Å². The Hall–Kier alpha value is -4.46. The van der Waals surface area contributed by atoms with E-state index in [4.69, 9.17) is 4.74 Å². The van der Waals surface area contributed by atoms with Gasteiger partial charge in [0.2, 0.25) is 5.95 Å². The second-order valence-electron chi connectivity index (χ2n) is 12.3. The van der Waals surface area contributed by atoms with Gasteiger partial charge in [-0.3, -0.25) is 9.46 Å². The largest absolute Gasteiger partial charge is 0.482 e. The molecular weight excluding hydrogens is 644 g/mol. The Labute approximate surface area is 276 Å². The van der Waals surface area contributed by atoms with E-state index in [0.717, 1.165) is 63.4 Å². The molecule has 16 heteroatoms. The van der Waals surface area contributed by atoms with Crippen LogP contribution >= 0.6 is 8.46 Å². The highest BCUT2D eigenvalue weighted by Gasteiger charge is 2.31. The molecule has 7 rings (SSSR count). The van der Waals surface area contributed by atoms with Crippen LogP contribution in [0.1, 0.15) is 18.4 Å². The van der Waals surface area contributed by atoms with E-state index in [1.165, 1.54) is 0 Å². The first kappa shape index (κ1) is 32.1. The number of nitrogens with zero attached hydrogens (tertiary/aromatic N) is 7. The van der Waals surface area contributed by atoms with Crippen molar-refractivity contribution in [2.75, 3.05) is 68.5 Å². The van der Waals surface area contributed by atoms with Crippen LogP contribution in [0.3, 0.4) is 0 Å². The van der Waals surface area contributed by atoms with E-state index in [1.807, 2.05) is 6.92 Å². The highest BCUT2D eigenvalue weighted by molar-refractivity contribution is 7.35. The summed E-state index contributed by atoms with van der Waals surface area (Å²) >= 11 is 0. The minimum absolute atomic E-state index is 0.0519. The van der Waals surface area contributed by atoms with Crippen molar-refractivity contribution in [2.24, 2.45) is 0 Å². The Morgan fingerprint density at radius 2 is 1.81 bits per heavy atom. The van der Waals surface area contributed by atoms with Crippen LogP contribution in [0, 0.1) is 6.92 Å². The van der Waals surface area contributed by atoms with E-state index in [9.17, 15) is 17.7 Å². The molecule has 2 fully saturated rings. The SMILES string of the molecule is Cc1cc(Nc2nc(Nc3ccn4ccnc4c3P=O)c3cc[nH]c3n2)c(OCC(F)(F)F)cc1N1CCC(N2CCN(C)CC2)CC1. The van der Waals surface area contributed by atoms with Crippen molar-refractivity contribution in [2.45, 2.75) is 32.0 Å². The summed E-state index contributed by atoms with van der Waals surface area (Å²) in [5.74, 6) is 0.586. The number of halogens is 3. The summed E-state index contributed by atoms with van der Waals surface area (Å²) in [4.78, 5) is 23.8. The second-order valence-corrected chi connectivity index (χ2v) is 12.9. The molecule has 2 saturated heterocycles. The third kappa shape index (κ3) is 6.75. The number of pyridine rings is 1. The van der Waals surface area contributed by atoms with Gasteiger partial charge in [0.1, 0.15) is 22.5 Å². The van der Waals surface area contributed by atoms with Crippen LogP contribution in [-0.4, -0.2) is 99.3 Å². The molecule has 0 radical (unpaired) electrons. The minimum atomic E-state index is -4.52. The first-order valence-electron chi connectivity index (χ1n) is 15.8. The van der Waals surface area contributed by atoms with Crippen LogP contribution in [0.4, 0.5) is 42.0 Å². The van der Waals surface area contributed by atoms with Gasteiger partial charge in [0, 0.05) is 81.9 Å². The van der Waals surface area contributed by atoms with Gasteiger partial charge in [-0.25, -0.2) is 4.98 Å². The second kappa shape index (κ2) is 13.2. The number of aryl methyl sites for hydroxylation is 1. The van der Waals surface area contributed by atoms with Crippen molar-refractivity contribution in [3.05, 3.63) is 54.6 Å². The molecular formula is C32H36F3N10O2P. The topological polar surface area (TPSA) is 119 Å². The Balaban J connectivity index is 1.16. The third-order valence-corrected chi connectivity index (χ3v) is 9.72. The van der Waals surface area contributed by atoms with E-state index in [0.29, 0.717) is 45.2 Å². The van der Waals surface area contributed by atoms with Crippen LogP contribution in [0.25, 0.3) is 16.7 Å². The smallest absolute Gasteiger partial charge is 0.422 e. The van der Waals surface area contributed by atoms with Crippen molar-refractivity contribution in [3.63, 3.8) is 0 Å². The number of hydrogen-bond acceptors (Lipinski definition) is 10. The maximum atomic E-state index is 13.4. The predicted octanol–water partition coefficient (Wildman–Crippen LogP) is 5.48. The number of aromatic amines is 1. The molecule has 0 aliphatic carbocycles. The first-order valence-corrected chi connectivity index (χ1v) is 16.7. The van der Waals surface area contributed by atoms with Gasteiger partial charge in [0.25, 0.3) is 0 Å². The number of hydrogen-bond donors (Lipinski definition) is 3. The van der Waals surface area contributed by atoms with Crippen LogP contribution in [0.15, 0.2) is 49.1 Å². The number of ether oxygens (including phenoxy) is 1. The molecule has 0 unspecified atom stereocenters. The van der Waals surface area contributed by atoms with Gasteiger partial charge in [-0.1, -0.05) is 0 Å². The molecule has 0 atom stereocenters. The number of nitrogens with one attached hydrogen (secondary N) is 3. The lowest BCUT2D eigenvalue weighted by Gasteiger charge is -2.43. The third-order valence-electron chi connectivity index (χ3n) is 9.09. The minimum Gasteiger partial charge on any atom is -0.482 e. The van der Waals surface area contributed by atoms with Gasteiger partial charge >= 0.3 is 6.18 Å². The highest BCUT2D eigenvalue weighted by atomic mass is 31.1. The zero-order valence-electron chi connectivity index (χ0n) is 26.6. The number of anilines is 5. The molecule has 0 bridgehead atoms. The summed E-state index contributed by atoms with van der Waals surface area (Å²) in [5.41, 5.74) is 3.59. The molecule has 2 aliphatic heterocycles. The van der Waals surface area contributed by atoms with Crippen molar-refractivity contribution in [1.29, 1.82) is 0 Å². The molecule has 2 aliphatic rings. The van der Waals surface area contributed by atoms with Crippen molar-refractivity contribution in [3.8, 4) is 5.75 Å². The zero-order chi connectivity index (χ0) is 33.4. The lowest BCUT2D eigenvalue weighted by Crippen LogP contribution is -2.52. The summed E-state index contributed by atoms with van der Waals surface area (Å²) in [6.45, 7) is 6.36. The van der Waals surface area contributed by atoms with E-state index in [1.54, 1.807) is 53.5 Å². The molecule has 3 N–H and O–H groups in total. The number of benzene rings is 1. The average Bonchev–Trinajstić information content (AvgIpc) is 3.75. The average molecular weight is 681 g/mol. The van der Waals surface area contributed by atoms with Gasteiger partial charge in [0.15, 0.2) is 20.7 Å². The molecule has 12 nitrogen and oxygen atoms in total. The number of rotatable bonds is 9. The molecule has 1 aromatic carbocycles. The molecule has 252 valence electrons. The molecule has 5 aromatic rings. The Bertz CT molecular complexity index is 1930. The number of piperazine rings is 1. The maximum Gasteiger partial charge on any atom is 0.422 e. The summed E-state index contributed by atoms with van der Waals surface area (Å²) in [6, 6.07) is 7.54. The van der Waals surface area contributed by atoms with Crippen molar-refractivity contribution < 1.29 is 22.5 Å². The van der Waals surface area contributed by atoms with Crippen LogP contribution in [0.5, 0.6) is 5.75 Å². The predicted molar refractivity (Wildman–Crippen MR) is 180 cm³/mol. The number of piperidine rings is 1. The highest BCUT2D eigenvalue weighted by Crippen LogP contribution is 2.38. The summed E-state index contributed by atoms with van der Waals surface area (Å²) in [6.07, 6.45) is 4.33. The molecule has 4 aromatic heterocycles. The lowest BCUT2D eigenvalue weighted by atomic mass is 10.0. The number of likely N-dealkylation sites (N-methyl/N-ethyl adjacent to an activating group) is 1. The van der Waals surface area contributed by atoms with Gasteiger partial charge < -0.3 is 34.6 Å². The Kier molecular flexibility index (Phi) is 8.84. The van der Waals surface area contributed by atoms with Gasteiger partial charge in [-0.15, -0.1) is 0 Å². The monoisotopic (exact) mass is 680 g/mol. The maximum absolute atomic E-state index is 13.4. The summed E-state index contributed by atoms with van der Waals surface area (Å²) < 4.78 is 59.5. The van der Waals surface area contributed by atoms with E-state index < -0.39 is 12.8 Å². The number of aromatic nitrogens is 5. The normalized spacial score (nSPS) is 17.1. The lowest BCUT2D eigenvalue weighted by molar-refractivity contribution is -0.153. The van der Waals surface area contributed by atoms with Gasteiger partial charge in [-0.2, -0.15) is 23.1 Å². The zero-order valence-corrected chi connectivity index (χ0v) is 27.5. The van der Waals surface area contributed by atoms with Crippen molar-refractivity contribution in [1.82, 2.24) is 34.1 Å². The quantitative estimate of drug-likeness (QED) is 0.173. The molecule has 6 heterocycles. The van der Waals surface area contributed by atoms with E-state index in [-0.39, 0.29) is 20.2 Å². The number of imidazole rings is 1. The van der Waals surface area contributed by atoms with Gasteiger partial charge in [0.05, 0.1) is 16.8 Å². The van der Waals surface area contributed by atoms with Crippen LogP contribution in [0.2, 0.25) is 0 Å². The van der Waals surface area contributed by atoms with Crippen molar-refractivity contribution >= 4 is 59.3 Å². The fourth-order valence-electron chi connectivity index (χ4n) is 6.56. The first-order chi connectivity index (χ1) is 23.1. The van der Waals surface area contributed by atoms with E-state index >= 15 is 0 Å². The fraction of sp³-hybridized carbons (Fsp3) is 0.406. The van der Waals surface area contributed by atoms with E-state index in [2.05, 4.69) is 52.3 Å². The number of fused-ring (bicyclic) bond motifs is 2. The fourth-order valence-corrected chi connectivity index (χ4v) is 7.04. The van der Waals surface area contributed by atoms with Crippen LogP contribution in [-0.2, 0) is 4.57 Å². The molecule has 0 spiro atoms. The summed E-state index contributed by atoms with van der Waals surface area (Å²) in [5, 5.41) is 7.47. The molecule has 48 heavy (non-hydrogen) atoms. The number of H-pyrrole nitrogens is 1. The molecule has 0 amide bonds. The number of alkyl halides is 3. The van der Waals surface area contributed by atoms with Gasteiger partial charge in [-0.05, 0) is 50.6 Å². The Morgan fingerprint density at radius 3 is 2.56 bits per heavy atom. The summed E-state index contributed by atoms with van der Waals surface area (Å²) in [7, 11) is 1.92. The Morgan fingerprint density at radius 1 is 1.02 bits per heavy atom. The molecule has 0 saturated carbocycles.